The Kier molecular flexibility index (Phi) is 4.44. The Balaban J connectivity index is 1.86. The van der Waals surface area contributed by atoms with E-state index in [1.807, 2.05) is 18.2 Å². The quantitative estimate of drug-likeness (QED) is 0.867. The average molecular weight is 269 g/mol. The Morgan fingerprint density at radius 3 is 2.45 bits per heavy atom. The van der Waals surface area contributed by atoms with E-state index in [0.29, 0.717) is 24.1 Å². The van der Waals surface area contributed by atoms with Gasteiger partial charge in [-0.15, -0.1) is 0 Å². The number of hydrogen-bond acceptors (Lipinski definition) is 3. The van der Waals surface area contributed by atoms with Gasteiger partial charge in [0.2, 0.25) is 11.8 Å². The number of primary amides is 1. The van der Waals surface area contributed by atoms with Gasteiger partial charge in [0.05, 0.1) is 0 Å². The van der Waals surface area contributed by atoms with Crippen LogP contribution in [0.5, 0.6) is 0 Å². The van der Waals surface area contributed by atoms with Gasteiger partial charge in [0.1, 0.15) is 0 Å². The molecule has 0 atom stereocenters. The fourth-order valence-corrected chi connectivity index (χ4v) is 1.73. The summed E-state index contributed by atoms with van der Waals surface area (Å²) < 4.78 is 0. The number of nitrogens with zero attached hydrogens (tertiary/aromatic N) is 1. The zero-order chi connectivity index (χ0) is 14.4. The number of aromatic nitrogens is 1. The molecule has 0 aliphatic carbocycles. The molecule has 5 nitrogen and oxygen atoms in total. The fraction of sp³-hybridized carbons (Fsp3) is 0.133. The van der Waals surface area contributed by atoms with Crippen molar-refractivity contribution in [2.45, 2.75) is 12.8 Å². The van der Waals surface area contributed by atoms with Gasteiger partial charge in [-0.2, -0.15) is 0 Å². The van der Waals surface area contributed by atoms with E-state index in [-0.39, 0.29) is 5.91 Å². The SMILES string of the molecule is NC(=O)c1ccc(NC(=O)CCc2ccccn2)cc1. The lowest BCUT2D eigenvalue weighted by Gasteiger charge is -2.05. The molecule has 0 fully saturated rings. The monoisotopic (exact) mass is 269 g/mol. The van der Waals surface area contributed by atoms with Crippen molar-refractivity contribution in [3.63, 3.8) is 0 Å². The van der Waals surface area contributed by atoms with Crippen LogP contribution in [0.4, 0.5) is 5.69 Å². The van der Waals surface area contributed by atoms with Crippen LogP contribution in [0.25, 0.3) is 0 Å². The Labute approximate surface area is 116 Å². The Bertz CT molecular complexity index is 594. The number of benzene rings is 1. The predicted molar refractivity (Wildman–Crippen MR) is 76.1 cm³/mol. The van der Waals surface area contributed by atoms with Gasteiger partial charge < -0.3 is 11.1 Å². The first-order valence-electron chi connectivity index (χ1n) is 6.25. The first-order chi connectivity index (χ1) is 9.65. The molecule has 20 heavy (non-hydrogen) atoms. The molecular weight excluding hydrogens is 254 g/mol. The lowest BCUT2D eigenvalue weighted by atomic mass is 10.2. The lowest BCUT2D eigenvalue weighted by Crippen LogP contribution is -2.14. The first kappa shape index (κ1) is 13.7. The van der Waals surface area contributed by atoms with Crippen molar-refractivity contribution < 1.29 is 9.59 Å². The highest BCUT2D eigenvalue weighted by molar-refractivity contribution is 5.94. The second kappa shape index (κ2) is 6.47. The normalized spacial score (nSPS) is 10.0. The third kappa shape index (κ3) is 3.91. The third-order valence-electron chi connectivity index (χ3n) is 2.79. The van der Waals surface area contributed by atoms with Crippen molar-refractivity contribution in [2.75, 3.05) is 5.32 Å². The zero-order valence-electron chi connectivity index (χ0n) is 10.9. The third-order valence-corrected chi connectivity index (χ3v) is 2.79. The van der Waals surface area contributed by atoms with E-state index in [9.17, 15) is 9.59 Å². The van der Waals surface area contributed by atoms with E-state index in [4.69, 9.17) is 5.73 Å². The molecule has 0 spiro atoms. The van der Waals surface area contributed by atoms with Gasteiger partial charge in [-0.1, -0.05) is 6.07 Å². The van der Waals surface area contributed by atoms with Gasteiger partial charge in [0.25, 0.3) is 0 Å². The second-order valence-corrected chi connectivity index (χ2v) is 4.31. The molecule has 0 aliphatic rings. The summed E-state index contributed by atoms with van der Waals surface area (Å²) in [6.07, 6.45) is 2.65. The number of pyridine rings is 1. The van der Waals surface area contributed by atoms with Gasteiger partial charge in [-0.3, -0.25) is 14.6 Å². The molecule has 1 heterocycles. The van der Waals surface area contributed by atoms with Crippen LogP contribution in [0.3, 0.4) is 0 Å². The summed E-state index contributed by atoms with van der Waals surface area (Å²) in [6, 6.07) is 12.1. The van der Waals surface area contributed by atoms with E-state index in [0.717, 1.165) is 5.69 Å². The fourth-order valence-electron chi connectivity index (χ4n) is 1.73. The molecule has 2 amide bonds. The van der Waals surface area contributed by atoms with E-state index in [1.165, 1.54) is 0 Å². The molecule has 0 aliphatic heterocycles. The lowest BCUT2D eigenvalue weighted by molar-refractivity contribution is -0.116. The number of nitrogens with two attached hydrogens (primary N) is 1. The van der Waals surface area contributed by atoms with Crippen molar-refractivity contribution in [2.24, 2.45) is 5.73 Å². The predicted octanol–water partition coefficient (Wildman–Crippen LogP) is 1.75. The molecule has 102 valence electrons. The van der Waals surface area contributed by atoms with Gasteiger partial charge in [-0.05, 0) is 42.8 Å². The highest BCUT2D eigenvalue weighted by atomic mass is 16.1. The van der Waals surface area contributed by atoms with Crippen LogP contribution in [-0.2, 0) is 11.2 Å². The topological polar surface area (TPSA) is 85.1 Å². The molecule has 1 aromatic carbocycles. The van der Waals surface area contributed by atoms with Crippen LogP contribution >= 0.6 is 0 Å². The summed E-state index contributed by atoms with van der Waals surface area (Å²) in [4.78, 5) is 26.9. The zero-order valence-corrected chi connectivity index (χ0v) is 10.9. The Hall–Kier alpha value is -2.69. The van der Waals surface area contributed by atoms with Crippen LogP contribution < -0.4 is 11.1 Å². The van der Waals surface area contributed by atoms with Crippen LogP contribution in [0.15, 0.2) is 48.7 Å². The minimum absolute atomic E-state index is 0.0949. The number of nitrogens with one attached hydrogen (secondary N) is 1. The van der Waals surface area contributed by atoms with Gasteiger partial charge in [0.15, 0.2) is 0 Å². The molecular formula is C15H15N3O2. The molecule has 3 N–H and O–H groups in total. The van der Waals surface area contributed by atoms with Crippen molar-refractivity contribution >= 4 is 17.5 Å². The molecule has 2 aromatic rings. The summed E-state index contributed by atoms with van der Waals surface area (Å²) in [7, 11) is 0. The number of amides is 2. The molecule has 0 saturated carbocycles. The van der Waals surface area contributed by atoms with Gasteiger partial charge >= 0.3 is 0 Å². The number of carbonyl (C=O) groups excluding carboxylic acids is 2. The number of rotatable bonds is 5. The minimum atomic E-state index is -0.488. The molecule has 0 unspecified atom stereocenters. The summed E-state index contributed by atoms with van der Waals surface area (Å²) in [5, 5.41) is 2.76. The highest BCUT2D eigenvalue weighted by Gasteiger charge is 2.05. The van der Waals surface area contributed by atoms with Crippen LogP contribution in [-0.4, -0.2) is 16.8 Å². The summed E-state index contributed by atoms with van der Waals surface area (Å²) >= 11 is 0. The first-order valence-corrected chi connectivity index (χ1v) is 6.25. The molecule has 5 heteroatoms. The Morgan fingerprint density at radius 2 is 1.85 bits per heavy atom. The smallest absolute Gasteiger partial charge is 0.248 e. The maximum atomic E-state index is 11.8. The van der Waals surface area contributed by atoms with Crippen LogP contribution in [0, 0.1) is 0 Å². The molecule has 0 saturated heterocycles. The van der Waals surface area contributed by atoms with Crippen molar-refractivity contribution in [1.29, 1.82) is 0 Å². The molecule has 1 aromatic heterocycles. The number of hydrogen-bond donors (Lipinski definition) is 2. The molecule has 0 bridgehead atoms. The molecule has 0 radical (unpaired) electrons. The second-order valence-electron chi connectivity index (χ2n) is 4.31. The maximum absolute atomic E-state index is 11.8. The summed E-state index contributed by atoms with van der Waals surface area (Å²) in [5.41, 5.74) is 7.08. The van der Waals surface area contributed by atoms with E-state index in [1.54, 1.807) is 30.5 Å². The van der Waals surface area contributed by atoms with Gasteiger partial charge in [-0.25, -0.2) is 0 Å². The maximum Gasteiger partial charge on any atom is 0.248 e. The van der Waals surface area contributed by atoms with Crippen LogP contribution in [0.2, 0.25) is 0 Å². The standard InChI is InChI=1S/C15H15N3O2/c16-15(20)11-4-6-13(7-5-11)18-14(19)9-8-12-3-1-2-10-17-12/h1-7,10H,8-9H2,(H2,16,20)(H,18,19). The average Bonchev–Trinajstić information content (AvgIpc) is 2.47. The van der Waals surface area contributed by atoms with Crippen molar-refractivity contribution in [3.8, 4) is 0 Å². The molecule has 2 rings (SSSR count). The Morgan fingerprint density at radius 1 is 1.10 bits per heavy atom. The van der Waals surface area contributed by atoms with Crippen molar-refractivity contribution in [1.82, 2.24) is 4.98 Å². The summed E-state index contributed by atoms with van der Waals surface area (Å²) in [6.45, 7) is 0. The highest BCUT2D eigenvalue weighted by Crippen LogP contribution is 2.10. The number of aryl methyl sites for hydroxylation is 1. The summed E-state index contributed by atoms with van der Waals surface area (Å²) in [5.74, 6) is -0.583. The largest absolute Gasteiger partial charge is 0.366 e. The van der Waals surface area contributed by atoms with E-state index >= 15 is 0 Å². The van der Waals surface area contributed by atoms with E-state index in [2.05, 4.69) is 10.3 Å². The number of carbonyl (C=O) groups is 2. The minimum Gasteiger partial charge on any atom is -0.366 e. The van der Waals surface area contributed by atoms with E-state index < -0.39 is 5.91 Å². The van der Waals surface area contributed by atoms with Crippen molar-refractivity contribution in [3.05, 3.63) is 59.9 Å². The van der Waals surface area contributed by atoms with Gasteiger partial charge in [0, 0.05) is 29.6 Å². The van der Waals surface area contributed by atoms with Crippen LogP contribution in [0.1, 0.15) is 22.5 Å². The number of anilines is 1.